The van der Waals surface area contributed by atoms with Crippen LogP contribution in [0.15, 0.2) is 82.0 Å². The van der Waals surface area contributed by atoms with Gasteiger partial charge in [0.25, 0.3) is 5.91 Å². The molecule has 1 heterocycles. The zero-order valence-electron chi connectivity index (χ0n) is 19.0. The number of benzene rings is 3. The van der Waals surface area contributed by atoms with Gasteiger partial charge in [0.15, 0.2) is 18.1 Å². The molecule has 0 atom stereocenters. The maximum atomic E-state index is 12.2. The molecule has 0 aliphatic carbocycles. The van der Waals surface area contributed by atoms with Gasteiger partial charge in [0, 0.05) is 24.1 Å². The summed E-state index contributed by atoms with van der Waals surface area (Å²) in [4.78, 5) is 24.3. The first-order valence-electron chi connectivity index (χ1n) is 10.8. The minimum atomic E-state index is -0.448. The van der Waals surface area contributed by atoms with Crippen LogP contribution in [0, 0.1) is 0 Å². The minimum Gasteiger partial charge on any atom is -0.493 e. The second kappa shape index (κ2) is 10.6. The van der Waals surface area contributed by atoms with Crippen molar-refractivity contribution in [2.24, 2.45) is 0 Å². The molecule has 0 aliphatic rings. The number of hydrogen-bond donors (Lipinski definition) is 1. The van der Waals surface area contributed by atoms with Gasteiger partial charge in [-0.1, -0.05) is 36.4 Å². The fraction of sp³-hybridized carbons (Fsp3) is 0.185. The van der Waals surface area contributed by atoms with Crippen molar-refractivity contribution in [1.82, 2.24) is 5.32 Å². The number of amides is 1. The highest BCUT2D eigenvalue weighted by Gasteiger charge is 2.10. The van der Waals surface area contributed by atoms with Crippen LogP contribution >= 0.6 is 0 Å². The topological polar surface area (TPSA) is 87.0 Å². The molecular weight excluding hydrogens is 434 g/mol. The minimum absolute atomic E-state index is 0.153. The summed E-state index contributed by atoms with van der Waals surface area (Å²) < 4.78 is 21.5. The molecule has 1 amide bonds. The van der Waals surface area contributed by atoms with Crippen molar-refractivity contribution in [3.8, 4) is 28.4 Å². The zero-order valence-corrected chi connectivity index (χ0v) is 19.0. The molecule has 0 saturated carbocycles. The first-order valence-corrected chi connectivity index (χ1v) is 10.8. The summed E-state index contributed by atoms with van der Waals surface area (Å²) in [5, 5.41) is 3.62. The van der Waals surface area contributed by atoms with Gasteiger partial charge in [-0.2, -0.15) is 0 Å². The smallest absolute Gasteiger partial charge is 0.336 e. The lowest BCUT2D eigenvalue weighted by atomic mass is 10.0. The molecule has 7 heteroatoms. The first-order chi connectivity index (χ1) is 16.6. The SMILES string of the molecule is COc1ccc(CCNC(=O)COc2ccc3c(-c4ccccc4)cc(=O)oc3c2)cc1OC. The Bertz CT molecular complexity index is 1350. The molecule has 0 fully saturated rings. The Morgan fingerprint density at radius 3 is 2.47 bits per heavy atom. The third kappa shape index (κ3) is 5.38. The van der Waals surface area contributed by atoms with E-state index in [-0.39, 0.29) is 12.5 Å². The van der Waals surface area contributed by atoms with Gasteiger partial charge in [-0.25, -0.2) is 4.79 Å². The molecule has 7 nitrogen and oxygen atoms in total. The number of ether oxygens (including phenoxy) is 3. The Kier molecular flexibility index (Phi) is 7.13. The van der Waals surface area contributed by atoms with Crippen molar-refractivity contribution in [3.63, 3.8) is 0 Å². The van der Waals surface area contributed by atoms with E-state index >= 15 is 0 Å². The molecule has 0 aliphatic heterocycles. The lowest BCUT2D eigenvalue weighted by Crippen LogP contribution is -2.30. The van der Waals surface area contributed by atoms with E-state index in [0.717, 1.165) is 22.1 Å². The van der Waals surface area contributed by atoms with E-state index in [1.807, 2.05) is 54.6 Å². The fourth-order valence-corrected chi connectivity index (χ4v) is 3.67. The molecule has 0 bridgehead atoms. The number of nitrogens with one attached hydrogen (secondary N) is 1. The third-order valence-electron chi connectivity index (χ3n) is 5.35. The molecule has 0 spiro atoms. The summed E-state index contributed by atoms with van der Waals surface area (Å²) in [7, 11) is 3.17. The summed E-state index contributed by atoms with van der Waals surface area (Å²) in [6.45, 7) is 0.296. The zero-order chi connectivity index (χ0) is 23.9. The molecular formula is C27H25NO6. The lowest BCUT2D eigenvalue weighted by molar-refractivity contribution is -0.123. The normalized spacial score (nSPS) is 10.6. The number of rotatable bonds is 9. The molecule has 3 aromatic carbocycles. The third-order valence-corrected chi connectivity index (χ3v) is 5.35. The maximum Gasteiger partial charge on any atom is 0.336 e. The van der Waals surface area contributed by atoms with E-state index in [4.69, 9.17) is 18.6 Å². The van der Waals surface area contributed by atoms with Gasteiger partial charge in [0.05, 0.1) is 14.2 Å². The van der Waals surface area contributed by atoms with E-state index in [0.29, 0.717) is 35.8 Å². The molecule has 0 saturated heterocycles. The lowest BCUT2D eigenvalue weighted by Gasteiger charge is -2.11. The number of carbonyl (C=O) groups excluding carboxylic acids is 1. The maximum absolute atomic E-state index is 12.2. The highest BCUT2D eigenvalue weighted by atomic mass is 16.5. The van der Waals surface area contributed by atoms with E-state index in [1.54, 1.807) is 26.4 Å². The summed E-state index contributed by atoms with van der Waals surface area (Å²) in [5.41, 5.74) is 2.67. The number of hydrogen-bond acceptors (Lipinski definition) is 6. The number of fused-ring (bicyclic) bond motifs is 1. The van der Waals surface area contributed by atoms with Gasteiger partial charge in [0.1, 0.15) is 11.3 Å². The highest BCUT2D eigenvalue weighted by molar-refractivity contribution is 5.93. The molecule has 34 heavy (non-hydrogen) atoms. The van der Waals surface area contributed by atoms with Crippen LogP contribution in [0.1, 0.15) is 5.56 Å². The summed E-state index contributed by atoms with van der Waals surface area (Å²) in [5.74, 6) is 1.50. The largest absolute Gasteiger partial charge is 0.493 e. The van der Waals surface area contributed by atoms with Crippen LogP contribution in [0.3, 0.4) is 0 Å². The van der Waals surface area contributed by atoms with Crippen LogP contribution in [-0.2, 0) is 11.2 Å². The van der Waals surface area contributed by atoms with Crippen molar-refractivity contribution >= 4 is 16.9 Å². The molecule has 1 N–H and O–H groups in total. The van der Waals surface area contributed by atoms with Gasteiger partial charge in [-0.15, -0.1) is 0 Å². The van der Waals surface area contributed by atoms with E-state index in [2.05, 4.69) is 5.32 Å². The number of carbonyl (C=O) groups is 1. The van der Waals surface area contributed by atoms with Crippen LogP contribution < -0.4 is 25.2 Å². The summed E-state index contributed by atoms with van der Waals surface area (Å²) in [6, 6.07) is 21.9. The van der Waals surface area contributed by atoms with Crippen LogP contribution in [0.25, 0.3) is 22.1 Å². The van der Waals surface area contributed by atoms with Crippen molar-refractivity contribution < 1.29 is 23.4 Å². The van der Waals surface area contributed by atoms with Crippen molar-refractivity contribution in [1.29, 1.82) is 0 Å². The van der Waals surface area contributed by atoms with E-state index < -0.39 is 5.63 Å². The highest BCUT2D eigenvalue weighted by Crippen LogP contribution is 2.30. The van der Waals surface area contributed by atoms with Gasteiger partial charge < -0.3 is 23.9 Å². The second-order valence-corrected chi connectivity index (χ2v) is 7.58. The average Bonchev–Trinajstić information content (AvgIpc) is 2.87. The van der Waals surface area contributed by atoms with Crippen LogP contribution in [-0.4, -0.2) is 33.3 Å². The van der Waals surface area contributed by atoms with Crippen molar-refractivity contribution in [2.45, 2.75) is 6.42 Å². The van der Waals surface area contributed by atoms with Gasteiger partial charge in [-0.3, -0.25) is 4.79 Å². The Morgan fingerprint density at radius 1 is 0.912 bits per heavy atom. The van der Waals surface area contributed by atoms with Crippen molar-refractivity contribution in [3.05, 3.63) is 88.8 Å². The van der Waals surface area contributed by atoms with E-state index in [9.17, 15) is 9.59 Å². The molecule has 4 aromatic rings. The van der Waals surface area contributed by atoms with Gasteiger partial charge in [-0.05, 0) is 47.4 Å². The molecule has 1 aromatic heterocycles. The molecule has 4 rings (SSSR count). The summed E-state index contributed by atoms with van der Waals surface area (Å²) >= 11 is 0. The monoisotopic (exact) mass is 459 g/mol. The molecule has 0 unspecified atom stereocenters. The summed E-state index contributed by atoms with van der Waals surface area (Å²) in [6.07, 6.45) is 0.634. The molecule has 0 radical (unpaired) electrons. The number of methoxy groups -OCH3 is 2. The van der Waals surface area contributed by atoms with Crippen LogP contribution in [0.5, 0.6) is 17.2 Å². The Balaban J connectivity index is 1.36. The second-order valence-electron chi connectivity index (χ2n) is 7.58. The average molecular weight is 459 g/mol. The Hall–Kier alpha value is -4.26. The Labute approximate surface area is 196 Å². The predicted molar refractivity (Wildman–Crippen MR) is 130 cm³/mol. The standard InChI is InChI=1S/C27H25NO6/c1-31-23-11-8-18(14-25(23)32-2)12-13-28-26(29)17-33-20-9-10-21-22(19-6-4-3-5-7-19)16-27(30)34-24(21)15-20/h3-11,14-16H,12-13,17H2,1-2H3,(H,28,29). The van der Waals surface area contributed by atoms with Crippen LogP contribution in [0.2, 0.25) is 0 Å². The van der Waals surface area contributed by atoms with Gasteiger partial charge in [0.2, 0.25) is 0 Å². The Morgan fingerprint density at radius 2 is 1.71 bits per heavy atom. The van der Waals surface area contributed by atoms with Gasteiger partial charge >= 0.3 is 5.63 Å². The quantitative estimate of drug-likeness (QED) is 0.377. The fourth-order valence-electron chi connectivity index (χ4n) is 3.67. The van der Waals surface area contributed by atoms with Crippen molar-refractivity contribution in [2.75, 3.05) is 27.4 Å². The van der Waals surface area contributed by atoms with Crippen LogP contribution in [0.4, 0.5) is 0 Å². The first kappa shape index (κ1) is 22.9. The predicted octanol–water partition coefficient (Wildman–Crippen LogP) is 4.21. The van der Waals surface area contributed by atoms with E-state index in [1.165, 1.54) is 6.07 Å². The molecule has 174 valence electrons.